The molecule has 1 aromatic heterocycles. The van der Waals surface area contributed by atoms with Gasteiger partial charge in [-0.2, -0.15) is 0 Å². The molecule has 0 saturated carbocycles. The van der Waals surface area contributed by atoms with Crippen LogP contribution < -0.4 is 5.32 Å². The normalized spacial score (nSPS) is 19.5. The summed E-state index contributed by atoms with van der Waals surface area (Å²) in [7, 11) is 1.87. The lowest BCUT2D eigenvalue weighted by atomic mass is 10.2. The van der Waals surface area contributed by atoms with Crippen molar-refractivity contribution in [3.8, 4) is 0 Å². The molecular formula is C12H20N4O. The first-order valence-electron chi connectivity index (χ1n) is 6.21. The average Bonchev–Trinajstić information content (AvgIpc) is 2.96. The van der Waals surface area contributed by atoms with Crippen LogP contribution in [0.25, 0.3) is 0 Å². The molecule has 1 saturated heterocycles. The monoisotopic (exact) mass is 236 g/mol. The standard InChI is InChI=1S/C12H20N4O/c1-3-16(7-10-5-4-6-13-10)12(17)11-8-15(2)9-14-11/h8-10,13H,3-7H2,1-2H3. The summed E-state index contributed by atoms with van der Waals surface area (Å²) >= 11 is 0. The minimum Gasteiger partial charge on any atom is -0.340 e. The van der Waals surface area contributed by atoms with Crippen molar-refractivity contribution in [1.29, 1.82) is 0 Å². The molecule has 1 aliphatic rings. The summed E-state index contributed by atoms with van der Waals surface area (Å²) in [6.07, 6.45) is 5.80. The Balaban J connectivity index is 1.99. The third kappa shape index (κ3) is 2.85. The number of aryl methyl sites for hydroxylation is 1. The van der Waals surface area contributed by atoms with E-state index in [-0.39, 0.29) is 5.91 Å². The van der Waals surface area contributed by atoms with Gasteiger partial charge in [-0.15, -0.1) is 0 Å². The maximum Gasteiger partial charge on any atom is 0.274 e. The highest BCUT2D eigenvalue weighted by atomic mass is 16.2. The van der Waals surface area contributed by atoms with E-state index in [0.29, 0.717) is 11.7 Å². The highest BCUT2D eigenvalue weighted by molar-refractivity contribution is 5.92. The zero-order valence-electron chi connectivity index (χ0n) is 10.5. The lowest BCUT2D eigenvalue weighted by Crippen LogP contribution is -2.41. The highest BCUT2D eigenvalue weighted by Crippen LogP contribution is 2.09. The highest BCUT2D eigenvalue weighted by Gasteiger charge is 2.22. The molecular weight excluding hydrogens is 216 g/mol. The molecule has 1 aliphatic heterocycles. The number of hydrogen-bond acceptors (Lipinski definition) is 3. The summed E-state index contributed by atoms with van der Waals surface area (Å²) in [6, 6.07) is 0.447. The summed E-state index contributed by atoms with van der Waals surface area (Å²) in [6.45, 7) is 4.59. The largest absolute Gasteiger partial charge is 0.340 e. The van der Waals surface area contributed by atoms with Gasteiger partial charge in [0.25, 0.3) is 5.91 Å². The Bertz CT molecular complexity index is 382. The molecule has 0 bridgehead atoms. The molecule has 1 amide bonds. The molecule has 5 heteroatoms. The van der Waals surface area contributed by atoms with Crippen LogP contribution in [0.4, 0.5) is 0 Å². The van der Waals surface area contributed by atoms with E-state index in [1.807, 2.05) is 18.9 Å². The fourth-order valence-electron chi connectivity index (χ4n) is 2.22. The van der Waals surface area contributed by atoms with Crippen molar-refractivity contribution in [3.63, 3.8) is 0 Å². The lowest BCUT2D eigenvalue weighted by Gasteiger charge is -2.23. The molecule has 0 aromatic carbocycles. The number of rotatable bonds is 4. The van der Waals surface area contributed by atoms with Gasteiger partial charge in [-0.25, -0.2) is 4.98 Å². The molecule has 0 spiro atoms. The predicted octanol–water partition coefficient (Wildman–Crippen LogP) is 0.634. The summed E-state index contributed by atoms with van der Waals surface area (Å²) in [4.78, 5) is 18.2. The van der Waals surface area contributed by atoms with Crippen LogP contribution in [0.5, 0.6) is 0 Å². The molecule has 5 nitrogen and oxygen atoms in total. The van der Waals surface area contributed by atoms with E-state index in [1.54, 1.807) is 17.1 Å². The van der Waals surface area contributed by atoms with E-state index in [9.17, 15) is 4.79 Å². The minimum atomic E-state index is 0.0294. The number of nitrogens with zero attached hydrogens (tertiary/aromatic N) is 3. The first kappa shape index (κ1) is 12.1. The number of carbonyl (C=O) groups is 1. The van der Waals surface area contributed by atoms with Gasteiger partial charge in [0.1, 0.15) is 5.69 Å². The van der Waals surface area contributed by atoms with Crippen LogP contribution in [-0.2, 0) is 7.05 Å². The Morgan fingerprint density at radius 3 is 3.06 bits per heavy atom. The van der Waals surface area contributed by atoms with Gasteiger partial charge < -0.3 is 14.8 Å². The fraction of sp³-hybridized carbons (Fsp3) is 0.667. The van der Waals surface area contributed by atoms with E-state index in [1.165, 1.54) is 6.42 Å². The molecule has 17 heavy (non-hydrogen) atoms. The van der Waals surface area contributed by atoms with Crippen molar-refractivity contribution >= 4 is 5.91 Å². The Kier molecular flexibility index (Phi) is 3.78. The van der Waals surface area contributed by atoms with Crippen LogP contribution in [0, 0.1) is 0 Å². The number of aromatic nitrogens is 2. The molecule has 1 aromatic rings. The SMILES string of the molecule is CCN(CC1CCCN1)C(=O)c1cn(C)cn1. The van der Waals surface area contributed by atoms with E-state index in [2.05, 4.69) is 10.3 Å². The molecule has 94 valence electrons. The fourth-order valence-corrected chi connectivity index (χ4v) is 2.22. The van der Waals surface area contributed by atoms with E-state index in [4.69, 9.17) is 0 Å². The van der Waals surface area contributed by atoms with Gasteiger partial charge >= 0.3 is 0 Å². The van der Waals surface area contributed by atoms with Crippen LogP contribution in [-0.4, -0.2) is 46.0 Å². The predicted molar refractivity (Wildman–Crippen MR) is 65.8 cm³/mol. The number of amides is 1. The average molecular weight is 236 g/mol. The lowest BCUT2D eigenvalue weighted by molar-refractivity contribution is 0.0746. The van der Waals surface area contributed by atoms with Crippen LogP contribution in [0.1, 0.15) is 30.3 Å². The van der Waals surface area contributed by atoms with Crippen molar-refractivity contribution in [2.75, 3.05) is 19.6 Å². The number of imidazole rings is 1. The second-order valence-corrected chi connectivity index (χ2v) is 4.56. The van der Waals surface area contributed by atoms with Gasteiger partial charge in [0.05, 0.1) is 6.33 Å². The molecule has 2 rings (SSSR count). The first-order chi connectivity index (χ1) is 8.20. The number of carbonyl (C=O) groups excluding carboxylic acids is 1. The maximum absolute atomic E-state index is 12.2. The van der Waals surface area contributed by atoms with E-state index >= 15 is 0 Å². The summed E-state index contributed by atoms with van der Waals surface area (Å²) in [5.74, 6) is 0.0294. The van der Waals surface area contributed by atoms with Crippen molar-refractivity contribution in [1.82, 2.24) is 19.8 Å². The van der Waals surface area contributed by atoms with Gasteiger partial charge in [0.15, 0.2) is 0 Å². The molecule has 1 fully saturated rings. The number of nitrogens with one attached hydrogen (secondary N) is 1. The molecule has 1 unspecified atom stereocenters. The van der Waals surface area contributed by atoms with Crippen molar-refractivity contribution in [2.24, 2.45) is 7.05 Å². The molecule has 1 N–H and O–H groups in total. The van der Waals surface area contributed by atoms with Gasteiger partial charge in [0, 0.05) is 32.4 Å². The second kappa shape index (κ2) is 5.31. The Labute approximate surface area is 102 Å². The topological polar surface area (TPSA) is 50.2 Å². The summed E-state index contributed by atoms with van der Waals surface area (Å²) < 4.78 is 1.80. The van der Waals surface area contributed by atoms with E-state index in [0.717, 1.165) is 26.1 Å². The van der Waals surface area contributed by atoms with Gasteiger partial charge in [-0.1, -0.05) is 0 Å². The van der Waals surface area contributed by atoms with Gasteiger partial charge in [-0.3, -0.25) is 4.79 Å². The quantitative estimate of drug-likeness (QED) is 0.834. The molecule has 0 radical (unpaired) electrons. The van der Waals surface area contributed by atoms with Crippen LogP contribution >= 0.6 is 0 Å². The molecule has 1 atom stereocenters. The van der Waals surface area contributed by atoms with E-state index < -0.39 is 0 Å². The maximum atomic E-state index is 12.2. The number of hydrogen-bond donors (Lipinski definition) is 1. The zero-order chi connectivity index (χ0) is 12.3. The zero-order valence-corrected chi connectivity index (χ0v) is 10.5. The van der Waals surface area contributed by atoms with Gasteiger partial charge in [-0.05, 0) is 26.3 Å². The minimum absolute atomic E-state index is 0.0294. The Morgan fingerprint density at radius 2 is 2.53 bits per heavy atom. The second-order valence-electron chi connectivity index (χ2n) is 4.56. The van der Waals surface area contributed by atoms with Crippen molar-refractivity contribution < 1.29 is 4.79 Å². The number of likely N-dealkylation sites (N-methyl/N-ethyl adjacent to an activating group) is 1. The van der Waals surface area contributed by atoms with Crippen LogP contribution in [0.3, 0.4) is 0 Å². The van der Waals surface area contributed by atoms with Gasteiger partial charge in [0.2, 0.25) is 0 Å². The molecule has 0 aliphatic carbocycles. The first-order valence-corrected chi connectivity index (χ1v) is 6.21. The molecule has 2 heterocycles. The third-order valence-corrected chi connectivity index (χ3v) is 3.20. The van der Waals surface area contributed by atoms with Crippen molar-refractivity contribution in [2.45, 2.75) is 25.8 Å². The summed E-state index contributed by atoms with van der Waals surface area (Å²) in [5, 5.41) is 3.41. The summed E-state index contributed by atoms with van der Waals surface area (Å²) in [5.41, 5.74) is 0.535. The Morgan fingerprint density at radius 1 is 1.71 bits per heavy atom. The third-order valence-electron chi connectivity index (χ3n) is 3.20. The Hall–Kier alpha value is -1.36. The van der Waals surface area contributed by atoms with Crippen LogP contribution in [0.2, 0.25) is 0 Å². The van der Waals surface area contributed by atoms with Crippen molar-refractivity contribution in [3.05, 3.63) is 18.2 Å². The van der Waals surface area contributed by atoms with Crippen LogP contribution in [0.15, 0.2) is 12.5 Å². The smallest absolute Gasteiger partial charge is 0.274 e.